The molecule has 0 atom stereocenters. The summed E-state index contributed by atoms with van der Waals surface area (Å²) in [6.07, 6.45) is 1.92. The number of rotatable bonds is 11. The van der Waals surface area contributed by atoms with Crippen molar-refractivity contribution in [2.75, 3.05) is 32.9 Å². The Balaban J connectivity index is 1.47. The molecule has 9 nitrogen and oxygen atoms in total. The molecule has 0 spiro atoms. The smallest absolute Gasteiger partial charge is 0.255 e. The number of hydrazone groups is 1. The predicted octanol–water partition coefficient (Wildman–Crippen LogP) is 3.24. The van der Waals surface area contributed by atoms with Crippen LogP contribution >= 0.6 is 0 Å². The van der Waals surface area contributed by atoms with Gasteiger partial charge in [-0.3, -0.25) is 4.79 Å². The average molecular weight is 524 g/mol. The molecule has 0 fully saturated rings. The van der Waals surface area contributed by atoms with Gasteiger partial charge in [0.25, 0.3) is 5.91 Å². The van der Waals surface area contributed by atoms with Crippen LogP contribution in [0.2, 0.25) is 0 Å². The molecule has 1 aliphatic heterocycles. The van der Waals surface area contributed by atoms with Gasteiger partial charge in [0, 0.05) is 12.6 Å². The third kappa shape index (κ3) is 7.08. The standard InChI is InChI=1S/C27H29N3O6S/c1-2-34-23-10-8-22(9-11-23)19-28-29-27(31)20-30(15-14-21-6-4-3-5-7-21)37(32,33)24-12-13-25-26(18-24)36-17-16-35-25/h3-13,18-19H,2,14-17,20H2,1H3,(H,29,31)/b28-19-. The minimum absolute atomic E-state index is 0.0236. The summed E-state index contributed by atoms with van der Waals surface area (Å²) in [5, 5.41) is 3.98. The van der Waals surface area contributed by atoms with Gasteiger partial charge in [-0.05, 0) is 60.9 Å². The molecule has 0 aromatic heterocycles. The summed E-state index contributed by atoms with van der Waals surface area (Å²) in [6, 6.07) is 21.2. The summed E-state index contributed by atoms with van der Waals surface area (Å²) in [5.41, 5.74) is 4.14. The first-order valence-corrected chi connectivity index (χ1v) is 13.4. The van der Waals surface area contributed by atoms with E-state index in [0.717, 1.165) is 21.2 Å². The van der Waals surface area contributed by atoms with E-state index in [2.05, 4.69) is 10.5 Å². The highest BCUT2D eigenvalue weighted by Gasteiger charge is 2.28. The van der Waals surface area contributed by atoms with Crippen molar-refractivity contribution in [2.24, 2.45) is 5.10 Å². The highest BCUT2D eigenvalue weighted by Crippen LogP contribution is 2.33. The lowest BCUT2D eigenvalue weighted by Gasteiger charge is -2.23. The van der Waals surface area contributed by atoms with Gasteiger partial charge in [0.15, 0.2) is 11.5 Å². The van der Waals surface area contributed by atoms with E-state index in [-0.39, 0.29) is 11.4 Å². The van der Waals surface area contributed by atoms with E-state index < -0.39 is 22.5 Å². The number of fused-ring (bicyclic) bond motifs is 1. The van der Waals surface area contributed by atoms with Crippen LogP contribution in [0.1, 0.15) is 18.1 Å². The molecule has 1 N–H and O–H groups in total. The molecule has 0 saturated carbocycles. The van der Waals surface area contributed by atoms with Crippen molar-refractivity contribution in [3.05, 3.63) is 83.9 Å². The van der Waals surface area contributed by atoms with E-state index >= 15 is 0 Å². The van der Waals surface area contributed by atoms with Gasteiger partial charge in [-0.15, -0.1) is 0 Å². The molecule has 1 aliphatic rings. The van der Waals surface area contributed by atoms with Crippen molar-refractivity contribution in [1.82, 2.24) is 9.73 Å². The van der Waals surface area contributed by atoms with Crippen molar-refractivity contribution in [3.63, 3.8) is 0 Å². The monoisotopic (exact) mass is 523 g/mol. The molecule has 194 valence electrons. The van der Waals surface area contributed by atoms with Gasteiger partial charge in [-0.25, -0.2) is 13.8 Å². The fourth-order valence-corrected chi connectivity index (χ4v) is 5.12. The van der Waals surface area contributed by atoms with E-state index in [1.165, 1.54) is 18.3 Å². The van der Waals surface area contributed by atoms with Gasteiger partial charge < -0.3 is 14.2 Å². The SMILES string of the molecule is CCOc1ccc(/C=N\NC(=O)CN(CCc2ccccc2)S(=O)(=O)c2ccc3c(c2)OCCO3)cc1. The molecule has 0 aliphatic carbocycles. The van der Waals surface area contributed by atoms with Crippen LogP contribution in [0.4, 0.5) is 0 Å². The van der Waals surface area contributed by atoms with E-state index in [9.17, 15) is 13.2 Å². The Labute approximate surface area is 216 Å². The first-order valence-electron chi connectivity index (χ1n) is 11.9. The van der Waals surface area contributed by atoms with Crippen molar-refractivity contribution in [3.8, 4) is 17.2 Å². The topological polar surface area (TPSA) is 107 Å². The van der Waals surface area contributed by atoms with E-state index in [1.807, 2.05) is 37.3 Å². The van der Waals surface area contributed by atoms with Crippen LogP contribution in [-0.2, 0) is 21.2 Å². The number of carbonyl (C=O) groups excluding carboxylic acids is 1. The summed E-state index contributed by atoms with van der Waals surface area (Å²) in [6.45, 7) is 2.92. The van der Waals surface area contributed by atoms with Gasteiger partial charge in [0.1, 0.15) is 19.0 Å². The van der Waals surface area contributed by atoms with Gasteiger partial charge >= 0.3 is 0 Å². The lowest BCUT2D eigenvalue weighted by molar-refractivity contribution is -0.121. The van der Waals surface area contributed by atoms with Gasteiger partial charge in [0.2, 0.25) is 10.0 Å². The zero-order valence-electron chi connectivity index (χ0n) is 20.5. The molecule has 37 heavy (non-hydrogen) atoms. The molecule has 1 heterocycles. The Morgan fingerprint density at radius 1 is 1.03 bits per heavy atom. The third-order valence-electron chi connectivity index (χ3n) is 5.56. The quantitative estimate of drug-likeness (QED) is 0.306. The number of sulfonamides is 1. The van der Waals surface area contributed by atoms with Crippen LogP contribution in [-0.4, -0.2) is 57.8 Å². The molecular weight excluding hydrogens is 494 g/mol. The Morgan fingerprint density at radius 3 is 2.49 bits per heavy atom. The highest BCUT2D eigenvalue weighted by molar-refractivity contribution is 7.89. The number of amides is 1. The zero-order chi connectivity index (χ0) is 26.1. The second kappa shape index (κ2) is 12.4. The van der Waals surface area contributed by atoms with E-state index in [4.69, 9.17) is 14.2 Å². The van der Waals surface area contributed by atoms with Crippen LogP contribution in [0.5, 0.6) is 17.2 Å². The van der Waals surface area contributed by atoms with Crippen LogP contribution in [0.3, 0.4) is 0 Å². The fraction of sp³-hybridized carbons (Fsp3) is 0.259. The van der Waals surface area contributed by atoms with Crippen molar-refractivity contribution in [1.29, 1.82) is 0 Å². The van der Waals surface area contributed by atoms with Gasteiger partial charge in [0.05, 0.1) is 24.3 Å². The second-order valence-corrected chi connectivity index (χ2v) is 10.1. The van der Waals surface area contributed by atoms with Crippen molar-refractivity contribution >= 4 is 22.1 Å². The number of hydrogen-bond acceptors (Lipinski definition) is 7. The summed E-state index contributed by atoms with van der Waals surface area (Å²) in [7, 11) is -4.02. The largest absolute Gasteiger partial charge is 0.494 e. The summed E-state index contributed by atoms with van der Waals surface area (Å²) < 4.78 is 44.7. The maximum atomic E-state index is 13.6. The average Bonchev–Trinajstić information content (AvgIpc) is 2.92. The third-order valence-corrected chi connectivity index (χ3v) is 7.40. The molecule has 10 heteroatoms. The molecular formula is C27H29N3O6S. The summed E-state index contributed by atoms with van der Waals surface area (Å²) in [5.74, 6) is 1.03. The normalized spacial score (nSPS) is 13.0. The molecule has 0 saturated heterocycles. The Morgan fingerprint density at radius 2 is 1.76 bits per heavy atom. The second-order valence-electron chi connectivity index (χ2n) is 8.17. The molecule has 3 aromatic carbocycles. The van der Waals surface area contributed by atoms with Gasteiger partial charge in [-0.2, -0.15) is 9.41 Å². The molecule has 0 bridgehead atoms. The van der Waals surface area contributed by atoms with E-state index in [0.29, 0.717) is 37.7 Å². The Bertz CT molecular complexity index is 1330. The maximum absolute atomic E-state index is 13.6. The Hall–Kier alpha value is -3.89. The summed E-state index contributed by atoms with van der Waals surface area (Å²) in [4.78, 5) is 12.7. The maximum Gasteiger partial charge on any atom is 0.255 e. The fourth-order valence-electron chi connectivity index (χ4n) is 3.71. The number of benzene rings is 3. The van der Waals surface area contributed by atoms with Crippen LogP contribution in [0.15, 0.2) is 82.8 Å². The predicted molar refractivity (Wildman–Crippen MR) is 140 cm³/mol. The number of ether oxygens (including phenoxy) is 3. The lowest BCUT2D eigenvalue weighted by atomic mass is 10.1. The number of nitrogens with zero attached hydrogens (tertiary/aromatic N) is 2. The first-order chi connectivity index (χ1) is 18.0. The number of hydrogen-bond donors (Lipinski definition) is 1. The van der Waals surface area contributed by atoms with Crippen molar-refractivity contribution < 1.29 is 27.4 Å². The Kier molecular flexibility index (Phi) is 8.76. The zero-order valence-corrected chi connectivity index (χ0v) is 21.3. The molecule has 3 aromatic rings. The minimum Gasteiger partial charge on any atom is -0.494 e. The molecule has 1 amide bonds. The number of carbonyl (C=O) groups is 1. The van der Waals surface area contributed by atoms with Crippen LogP contribution in [0.25, 0.3) is 0 Å². The molecule has 4 rings (SSSR count). The molecule has 0 unspecified atom stereocenters. The molecule has 0 radical (unpaired) electrons. The van der Waals surface area contributed by atoms with Crippen LogP contribution < -0.4 is 19.6 Å². The van der Waals surface area contributed by atoms with E-state index in [1.54, 1.807) is 30.3 Å². The number of nitrogens with one attached hydrogen (secondary N) is 1. The first kappa shape index (κ1) is 26.2. The minimum atomic E-state index is -4.02. The van der Waals surface area contributed by atoms with Crippen LogP contribution in [0, 0.1) is 0 Å². The van der Waals surface area contributed by atoms with Gasteiger partial charge in [-0.1, -0.05) is 30.3 Å². The lowest BCUT2D eigenvalue weighted by Crippen LogP contribution is -2.40. The highest BCUT2D eigenvalue weighted by atomic mass is 32.2. The van der Waals surface area contributed by atoms with Crippen molar-refractivity contribution in [2.45, 2.75) is 18.2 Å². The summed E-state index contributed by atoms with van der Waals surface area (Å²) >= 11 is 0.